The fraction of sp³-hybridized carbons (Fsp3) is 0.571. The zero-order chi connectivity index (χ0) is 14.7. The first-order valence-corrected chi connectivity index (χ1v) is 7.53. The Hall–Kier alpha value is -1.42. The van der Waals surface area contributed by atoms with Crippen molar-refractivity contribution in [1.29, 1.82) is 5.26 Å². The lowest BCUT2D eigenvalue weighted by Gasteiger charge is -2.21. The minimum Gasteiger partial charge on any atom is -0.395 e. The second-order valence-electron chi connectivity index (χ2n) is 5.10. The van der Waals surface area contributed by atoms with Gasteiger partial charge in [0.2, 0.25) is 5.91 Å². The minimum absolute atomic E-state index is 0.0861. The molecule has 0 bridgehead atoms. The molecule has 2 heterocycles. The molecule has 6 heteroatoms. The van der Waals surface area contributed by atoms with Crippen LogP contribution in [0.25, 0.3) is 0 Å². The summed E-state index contributed by atoms with van der Waals surface area (Å²) in [7, 11) is 0. The van der Waals surface area contributed by atoms with E-state index in [1.165, 1.54) is 11.3 Å². The molecule has 1 atom stereocenters. The van der Waals surface area contributed by atoms with Gasteiger partial charge in [-0.15, -0.1) is 11.3 Å². The highest BCUT2D eigenvalue weighted by atomic mass is 32.1. The Morgan fingerprint density at radius 1 is 1.60 bits per heavy atom. The number of aliphatic hydroxyl groups is 1. The van der Waals surface area contributed by atoms with Crippen molar-refractivity contribution < 1.29 is 9.90 Å². The van der Waals surface area contributed by atoms with Gasteiger partial charge < -0.3 is 10.4 Å². The fourth-order valence-electron chi connectivity index (χ4n) is 2.51. The molecular formula is C14H19N3O2S. The predicted octanol–water partition coefficient (Wildman–Crippen LogP) is 1.63. The fourth-order valence-corrected chi connectivity index (χ4v) is 3.54. The topological polar surface area (TPSA) is 76.4 Å². The number of nitriles is 1. The average Bonchev–Trinajstić information content (AvgIpc) is 2.95. The zero-order valence-corrected chi connectivity index (χ0v) is 12.6. The van der Waals surface area contributed by atoms with Crippen molar-refractivity contribution in [3.05, 3.63) is 16.0 Å². The second-order valence-corrected chi connectivity index (χ2v) is 6.32. The smallest absolute Gasteiger partial charge is 0.239 e. The number of hydrogen-bond acceptors (Lipinski definition) is 5. The quantitative estimate of drug-likeness (QED) is 0.884. The highest BCUT2D eigenvalue weighted by Gasteiger charge is 2.26. The number of rotatable bonds is 4. The summed E-state index contributed by atoms with van der Waals surface area (Å²) in [5.41, 5.74) is 1.49. The summed E-state index contributed by atoms with van der Waals surface area (Å²) in [6.45, 7) is 5.04. The van der Waals surface area contributed by atoms with Crippen LogP contribution in [0.1, 0.15) is 28.8 Å². The van der Waals surface area contributed by atoms with Gasteiger partial charge in [-0.3, -0.25) is 9.69 Å². The van der Waals surface area contributed by atoms with Crippen molar-refractivity contribution in [3.63, 3.8) is 0 Å². The summed E-state index contributed by atoms with van der Waals surface area (Å²) in [5, 5.41) is 21.9. The van der Waals surface area contributed by atoms with E-state index in [4.69, 9.17) is 5.26 Å². The molecule has 1 saturated heterocycles. The van der Waals surface area contributed by atoms with Crippen LogP contribution in [0.4, 0.5) is 5.00 Å². The number of hydrogen-bond donors (Lipinski definition) is 2. The van der Waals surface area contributed by atoms with Crippen LogP contribution in [0.2, 0.25) is 0 Å². The van der Waals surface area contributed by atoms with Gasteiger partial charge in [0.05, 0.1) is 18.7 Å². The monoisotopic (exact) mass is 293 g/mol. The number of thiophene rings is 1. The molecule has 0 saturated carbocycles. The van der Waals surface area contributed by atoms with E-state index in [1.807, 2.05) is 18.7 Å². The summed E-state index contributed by atoms with van der Waals surface area (Å²) in [6.07, 6.45) is 1.95. The third-order valence-electron chi connectivity index (χ3n) is 3.81. The van der Waals surface area contributed by atoms with Crippen LogP contribution in [0.5, 0.6) is 0 Å². The Balaban J connectivity index is 2.02. The maximum Gasteiger partial charge on any atom is 0.239 e. The molecule has 0 aliphatic carbocycles. The summed E-state index contributed by atoms with van der Waals surface area (Å²) < 4.78 is 0. The third kappa shape index (κ3) is 3.01. The van der Waals surface area contributed by atoms with Gasteiger partial charge in [-0.2, -0.15) is 5.26 Å². The maximum atomic E-state index is 12.1. The van der Waals surface area contributed by atoms with E-state index in [-0.39, 0.29) is 25.1 Å². The predicted molar refractivity (Wildman–Crippen MR) is 78.8 cm³/mol. The highest BCUT2D eigenvalue weighted by molar-refractivity contribution is 7.16. The molecule has 0 unspecified atom stereocenters. The Kier molecular flexibility index (Phi) is 4.76. The van der Waals surface area contributed by atoms with E-state index >= 15 is 0 Å². The van der Waals surface area contributed by atoms with Crippen LogP contribution >= 0.6 is 11.3 Å². The van der Waals surface area contributed by atoms with E-state index in [2.05, 4.69) is 11.4 Å². The van der Waals surface area contributed by atoms with Crippen LogP contribution in [-0.2, 0) is 4.79 Å². The molecule has 1 aliphatic heterocycles. The lowest BCUT2D eigenvalue weighted by Crippen LogP contribution is -2.38. The van der Waals surface area contributed by atoms with Gasteiger partial charge in [0, 0.05) is 10.9 Å². The Bertz CT molecular complexity index is 547. The molecule has 0 aromatic carbocycles. The van der Waals surface area contributed by atoms with Crippen molar-refractivity contribution in [2.24, 2.45) is 0 Å². The Labute approximate surface area is 122 Å². The van der Waals surface area contributed by atoms with Crippen LogP contribution in [0.3, 0.4) is 0 Å². The summed E-state index contributed by atoms with van der Waals surface area (Å²) in [5.74, 6) is -0.122. The molecular weight excluding hydrogens is 274 g/mol. The molecule has 108 valence electrons. The van der Waals surface area contributed by atoms with Gasteiger partial charge in [-0.1, -0.05) is 0 Å². The molecule has 2 N–H and O–H groups in total. The Morgan fingerprint density at radius 3 is 3.00 bits per heavy atom. The van der Waals surface area contributed by atoms with Crippen molar-refractivity contribution >= 4 is 22.2 Å². The molecule has 5 nitrogen and oxygen atoms in total. The highest BCUT2D eigenvalue weighted by Crippen LogP contribution is 2.31. The van der Waals surface area contributed by atoms with E-state index in [9.17, 15) is 9.90 Å². The summed E-state index contributed by atoms with van der Waals surface area (Å²) in [4.78, 5) is 15.1. The van der Waals surface area contributed by atoms with Gasteiger partial charge >= 0.3 is 0 Å². The number of aryl methyl sites for hydroxylation is 1. The van der Waals surface area contributed by atoms with Gasteiger partial charge in [0.25, 0.3) is 0 Å². The molecule has 1 aliphatic rings. The first kappa shape index (κ1) is 15.0. The largest absolute Gasteiger partial charge is 0.395 e. The number of anilines is 1. The lowest BCUT2D eigenvalue weighted by atomic mass is 10.2. The maximum absolute atomic E-state index is 12.1. The molecule has 2 rings (SSSR count). The van der Waals surface area contributed by atoms with Gasteiger partial charge in [-0.05, 0) is 38.8 Å². The molecule has 0 spiro atoms. The van der Waals surface area contributed by atoms with Crippen LogP contribution in [0, 0.1) is 25.2 Å². The van der Waals surface area contributed by atoms with Gasteiger partial charge in [0.1, 0.15) is 11.1 Å². The summed E-state index contributed by atoms with van der Waals surface area (Å²) in [6, 6.07) is 2.23. The number of nitrogens with one attached hydrogen (secondary N) is 1. The number of likely N-dealkylation sites (tertiary alicyclic amines) is 1. The second kappa shape index (κ2) is 6.35. The SMILES string of the molecule is Cc1sc(NC(=O)CN2CCC[C@H]2CO)c(C#N)c1C. The zero-order valence-electron chi connectivity index (χ0n) is 11.8. The average molecular weight is 293 g/mol. The number of nitrogens with zero attached hydrogens (tertiary/aromatic N) is 2. The first-order chi connectivity index (χ1) is 9.56. The van der Waals surface area contributed by atoms with E-state index in [1.54, 1.807) is 0 Å². The van der Waals surface area contributed by atoms with Gasteiger partial charge in [0.15, 0.2) is 0 Å². The van der Waals surface area contributed by atoms with Crippen molar-refractivity contribution in [3.8, 4) is 6.07 Å². The molecule has 1 fully saturated rings. The molecule has 20 heavy (non-hydrogen) atoms. The molecule has 1 amide bonds. The van der Waals surface area contributed by atoms with E-state index in [0.29, 0.717) is 10.6 Å². The van der Waals surface area contributed by atoms with Crippen molar-refractivity contribution in [2.45, 2.75) is 32.7 Å². The normalized spacial score (nSPS) is 19.0. The number of aliphatic hydroxyl groups excluding tert-OH is 1. The lowest BCUT2D eigenvalue weighted by molar-refractivity contribution is -0.117. The number of carbonyl (C=O) groups is 1. The van der Waals surface area contributed by atoms with Crippen LogP contribution in [0.15, 0.2) is 0 Å². The molecule has 0 radical (unpaired) electrons. The number of amides is 1. The Morgan fingerprint density at radius 2 is 2.35 bits per heavy atom. The standard InChI is InChI=1S/C14H19N3O2S/c1-9-10(2)20-14(12(9)6-15)16-13(19)7-17-5-3-4-11(17)8-18/h11,18H,3-5,7-8H2,1-2H3,(H,16,19)/t11-/m0/s1. The van der Waals surface area contributed by atoms with Crippen LogP contribution in [-0.4, -0.2) is 41.7 Å². The van der Waals surface area contributed by atoms with Gasteiger partial charge in [-0.25, -0.2) is 0 Å². The van der Waals surface area contributed by atoms with Crippen molar-refractivity contribution in [2.75, 3.05) is 25.0 Å². The first-order valence-electron chi connectivity index (χ1n) is 6.71. The van der Waals surface area contributed by atoms with Crippen LogP contribution < -0.4 is 5.32 Å². The third-order valence-corrected chi connectivity index (χ3v) is 4.93. The molecule has 1 aromatic heterocycles. The van der Waals surface area contributed by atoms with E-state index in [0.717, 1.165) is 29.8 Å². The van der Waals surface area contributed by atoms with E-state index < -0.39 is 0 Å². The molecule has 1 aromatic rings. The summed E-state index contributed by atoms with van der Waals surface area (Å²) >= 11 is 1.44. The minimum atomic E-state index is -0.122. The number of carbonyl (C=O) groups excluding carboxylic acids is 1. The van der Waals surface area contributed by atoms with Crippen molar-refractivity contribution in [1.82, 2.24) is 4.90 Å².